The minimum Gasteiger partial charge on any atom is -0.333 e. The van der Waals surface area contributed by atoms with Crippen molar-refractivity contribution in [3.05, 3.63) is 32.9 Å². The molecule has 2 atom stereocenters. The van der Waals surface area contributed by atoms with Crippen LogP contribution in [0.4, 0.5) is 0 Å². The normalized spacial score (nSPS) is 29.6. The maximum absolute atomic E-state index is 12.8. The molecule has 0 saturated carbocycles. The van der Waals surface area contributed by atoms with Crippen molar-refractivity contribution < 1.29 is 4.79 Å². The van der Waals surface area contributed by atoms with Crippen LogP contribution in [-0.4, -0.2) is 28.3 Å². The molecule has 3 rings (SSSR count). The Morgan fingerprint density at radius 2 is 1.95 bits per heavy atom. The molecule has 0 radical (unpaired) electrons. The third-order valence-corrected chi connectivity index (χ3v) is 6.12. The Kier molecular flexibility index (Phi) is 3.78. The molecule has 2 bridgehead atoms. The monoisotopic (exact) mass is 389 g/mol. The standard InChI is InChI=1S/C15H17ClINO/c1-9-3-2-4-13(14(9)17)15(19)18-11-5-6-12(18)8-10(16)7-11/h2-4,10-12H,5-8H2,1H3. The molecule has 0 aromatic heterocycles. The topological polar surface area (TPSA) is 20.3 Å². The molecule has 0 spiro atoms. The number of carbonyl (C=O) groups excluding carboxylic acids is 1. The fraction of sp³-hybridized carbons (Fsp3) is 0.533. The quantitative estimate of drug-likeness (QED) is 0.526. The number of carbonyl (C=O) groups is 1. The maximum Gasteiger partial charge on any atom is 0.255 e. The van der Waals surface area contributed by atoms with Crippen molar-refractivity contribution in [2.75, 3.05) is 0 Å². The Bertz CT molecular complexity index is 505. The number of rotatable bonds is 1. The molecule has 0 aliphatic carbocycles. The molecule has 102 valence electrons. The van der Waals surface area contributed by atoms with Gasteiger partial charge in [0.2, 0.25) is 0 Å². The molecule has 0 N–H and O–H groups in total. The summed E-state index contributed by atoms with van der Waals surface area (Å²) in [6.45, 7) is 2.05. The number of alkyl halides is 1. The van der Waals surface area contributed by atoms with Gasteiger partial charge < -0.3 is 4.90 Å². The molecule has 2 aliphatic heterocycles. The van der Waals surface area contributed by atoms with Crippen molar-refractivity contribution in [3.63, 3.8) is 0 Å². The number of aryl methyl sites for hydroxylation is 1. The lowest BCUT2D eigenvalue weighted by molar-refractivity contribution is 0.0598. The number of halogens is 2. The van der Waals surface area contributed by atoms with Crippen molar-refractivity contribution in [3.8, 4) is 0 Å². The van der Waals surface area contributed by atoms with E-state index < -0.39 is 0 Å². The summed E-state index contributed by atoms with van der Waals surface area (Å²) in [4.78, 5) is 14.9. The van der Waals surface area contributed by atoms with E-state index >= 15 is 0 Å². The summed E-state index contributed by atoms with van der Waals surface area (Å²) in [5, 5.41) is 0.248. The van der Waals surface area contributed by atoms with Crippen LogP contribution in [-0.2, 0) is 0 Å². The lowest BCUT2D eigenvalue weighted by Gasteiger charge is -2.37. The lowest BCUT2D eigenvalue weighted by atomic mass is 10.0. The summed E-state index contributed by atoms with van der Waals surface area (Å²) in [5.74, 6) is 0.198. The van der Waals surface area contributed by atoms with Crippen LogP contribution in [0.15, 0.2) is 18.2 Å². The Morgan fingerprint density at radius 3 is 2.58 bits per heavy atom. The first-order valence-corrected chi connectivity index (χ1v) is 8.31. The zero-order valence-corrected chi connectivity index (χ0v) is 13.8. The molecule has 2 nitrogen and oxygen atoms in total. The van der Waals surface area contributed by atoms with Crippen molar-refractivity contribution in [2.45, 2.75) is 50.1 Å². The number of hydrogen-bond donors (Lipinski definition) is 0. The highest BCUT2D eigenvalue weighted by molar-refractivity contribution is 14.1. The highest BCUT2D eigenvalue weighted by atomic mass is 127. The van der Waals surface area contributed by atoms with Crippen LogP contribution in [0.25, 0.3) is 0 Å². The fourth-order valence-corrected chi connectivity index (χ4v) is 4.40. The Balaban J connectivity index is 1.91. The van der Waals surface area contributed by atoms with E-state index in [0.29, 0.717) is 12.1 Å². The van der Waals surface area contributed by atoms with E-state index in [1.54, 1.807) is 0 Å². The van der Waals surface area contributed by atoms with E-state index in [9.17, 15) is 4.79 Å². The van der Waals surface area contributed by atoms with Gasteiger partial charge in [0.1, 0.15) is 0 Å². The highest BCUT2D eigenvalue weighted by Crippen LogP contribution is 2.39. The zero-order chi connectivity index (χ0) is 13.6. The Labute approximate surface area is 132 Å². The molecule has 2 unspecified atom stereocenters. The second-order valence-corrected chi connectivity index (χ2v) is 7.30. The predicted molar refractivity (Wildman–Crippen MR) is 85.8 cm³/mol. The average Bonchev–Trinajstić information content (AvgIpc) is 2.64. The van der Waals surface area contributed by atoms with Gasteiger partial charge in [0.25, 0.3) is 5.91 Å². The van der Waals surface area contributed by atoms with Gasteiger partial charge in [-0.3, -0.25) is 4.79 Å². The van der Waals surface area contributed by atoms with E-state index in [1.807, 2.05) is 12.1 Å². The van der Waals surface area contributed by atoms with Gasteiger partial charge in [0.05, 0.1) is 5.56 Å². The van der Waals surface area contributed by atoms with Gasteiger partial charge in [-0.05, 0) is 66.8 Å². The second-order valence-electron chi connectivity index (χ2n) is 5.60. The van der Waals surface area contributed by atoms with Crippen molar-refractivity contribution in [2.24, 2.45) is 0 Å². The third kappa shape index (κ3) is 2.40. The van der Waals surface area contributed by atoms with Gasteiger partial charge in [-0.1, -0.05) is 12.1 Å². The largest absolute Gasteiger partial charge is 0.333 e. The van der Waals surface area contributed by atoms with Crippen LogP contribution in [0, 0.1) is 10.5 Å². The molecular weight excluding hydrogens is 373 g/mol. The number of nitrogens with zero attached hydrogens (tertiary/aromatic N) is 1. The van der Waals surface area contributed by atoms with Crippen LogP contribution in [0.5, 0.6) is 0 Å². The molecule has 2 saturated heterocycles. The number of benzene rings is 1. The number of fused-ring (bicyclic) bond motifs is 2. The Morgan fingerprint density at radius 1 is 1.32 bits per heavy atom. The smallest absolute Gasteiger partial charge is 0.255 e. The van der Waals surface area contributed by atoms with Gasteiger partial charge in [-0.2, -0.15) is 0 Å². The predicted octanol–water partition coefficient (Wildman–Crippen LogP) is 3.97. The summed E-state index contributed by atoms with van der Waals surface area (Å²) in [7, 11) is 0. The molecule has 4 heteroatoms. The molecule has 2 aliphatic rings. The minimum atomic E-state index is 0.198. The van der Waals surface area contributed by atoms with Gasteiger partial charge in [-0.25, -0.2) is 0 Å². The van der Waals surface area contributed by atoms with Crippen molar-refractivity contribution in [1.82, 2.24) is 4.90 Å². The molecule has 2 heterocycles. The lowest BCUT2D eigenvalue weighted by Crippen LogP contribution is -2.47. The summed E-state index contributed by atoms with van der Waals surface area (Å²) < 4.78 is 1.08. The van der Waals surface area contributed by atoms with Gasteiger partial charge in [-0.15, -0.1) is 11.6 Å². The van der Waals surface area contributed by atoms with Crippen molar-refractivity contribution in [1.29, 1.82) is 0 Å². The second kappa shape index (κ2) is 5.24. The molecule has 19 heavy (non-hydrogen) atoms. The molecule has 1 amide bonds. The SMILES string of the molecule is Cc1cccc(C(=O)N2C3CCC2CC(Cl)C3)c1I. The van der Waals surface area contributed by atoms with E-state index in [1.165, 1.54) is 5.56 Å². The van der Waals surface area contributed by atoms with E-state index in [0.717, 1.165) is 34.8 Å². The first kappa shape index (κ1) is 13.7. The number of amides is 1. The summed E-state index contributed by atoms with van der Waals surface area (Å²) in [6, 6.07) is 6.68. The zero-order valence-electron chi connectivity index (χ0n) is 10.9. The van der Waals surface area contributed by atoms with Gasteiger partial charge in [0, 0.05) is 21.0 Å². The maximum atomic E-state index is 12.8. The van der Waals surface area contributed by atoms with Crippen molar-refractivity contribution >= 4 is 40.1 Å². The first-order chi connectivity index (χ1) is 9.08. The Hall–Kier alpha value is -0.290. The fourth-order valence-electron chi connectivity index (χ4n) is 3.39. The van der Waals surface area contributed by atoms with Crippen LogP contribution in [0.1, 0.15) is 41.6 Å². The van der Waals surface area contributed by atoms with E-state index in [2.05, 4.69) is 40.5 Å². The number of piperidine rings is 1. The first-order valence-electron chi connectivity index (χ1n) is 6.79. The molecule has 1 aromatic carbocycles. The van der Waals surface area contributed by atoms with E-state index in [-0.39, 0.29) is 11.3 Å². The number of hydrogen-bond acceptors (Lipinski definition) is 1. The van der Waals surface area contributed by atoms with Crippen LogP contribution < -0.4 is 0 Å². The third-order valence-electron chi connectivity index (χ3n) is 4.33. The highest BCUT2D eigenvalue weighted by Gasteiger charge is 2.43. The molecule has 2 fully saturated rings. The van der Waals surface area contributed by atoms with Gasteiger partial charge in [0.15, 0.2) is 0 Å². The summed E-state index contributed by atoms with van der Waals surface area (Å²) >= 11 is 8.56. The summed E-state index contributed by atoms with van der Waals surface area (Å²) in [6.07, 6.45) is 4.13. The molecular formula is C15H17ClINO. The van der Waals surface area contributed by atoms with Gasteiger partial charge >= 0.3 is 0 Å². The van der Waals surface area contributed by atoms with E-state index in [4.69, 9.17) is 11.6 Å². The molecule has 1 aromatic rings. The average molecular weight is 390 g/mol. The van der Waals surface area contributed by atoms with Crippen LogP contribution in [0.2, 0.25) is 0 Å². The minimum absolute atomic E-state index is 0.198. The van der Waals surface area contributed by atoms with Crippen LogP contribution in [0.3, 0.4) is 0 Å². The van der Waals surface area contributed by atoms with Crippen LogP contribution >= 0.6 is 34.2 Å². The summed E-state index contributed by atoms with van der Waals surface area (Å²) in [5.41, 5.74) is 2.02.